The van der Waals surface area contributed by atoms with Crippen molar-refractivity contribution in [1.29, 1.82) is 0 Å². The van der Waals surface area contributed by atoms with Crippen LogP contribution in [-0.2, 0) is 4.74 Å². The maximum atomic E-state index is 12.2. The molecule has 1 atom stereocenters. The van der Waals surface area contributed by atoms with E-state index in [0.717, 1.165) is 0 Å². The Balaban J connectivity index is 2.14. The minimum absolute atomic E-state index is 0.00135. The van der Waals surface area contributed by atoms with Crippen LogP contribution in [0.25, 0.3) is 0 Å². The fourth-order valence-corrected chi connectivity index (χ4v) is 1.86. The van der Waals surface area contributed by atoms with Crippen molar-refractivity contribution in [1.82, 2.24) is 4.90 Å². The van der Waals surface area contributed by atoms with Gasteiger partial charge in [-0.25, -0.2) is 0 Å². The summed E-state index contributed by atoms with van der Waals surface area (Å²) < 4.78 is 5.32. The average molecular weight is 220 g/mol. The van der Waals surface area contributed by atoms with E-state index in [1.54, 1.807) is 4.90 Å². The highest BCUT2D eigenvalue weighted by atomic mass is 16.5. The number of carbonyl (C=O) groups excluding carboxylic acids is 1. The number of hydrogen-bond acceptors (Lipinski definition) is 3. The van der Waals surface area contributed by atoms with Gasteiger partial charge in [0.05, 0.1) is 19.3 Å². The molecule has 0 saturated carbocycles. The summed E-state index contributed by atoms with van der Waals surface area (Å²) in [5.41, 5.74) is 6.35. The summed E-state index contributed by atoms with van der Waals surface area (Å²) in [5, 5.41) is 0. The van der Waals surface area contributed by atoms with E-state index in [9.17, 15) is 4.79 Å². The first-order valence-electron chi connectivity index (χ1n) is 5.46. The molecule has 1 saturated heterocycles. The summed E-state index contributed by atoms with van der Waals surface area (Å²) in [6.45, 7) is 2.19. The van der Waals surface area contributed by atoms with Gasteiger partial charge in [-0.3, -0.25) is 4.79 Å². The molecule has 1 amide bonds. The number of benzene rings is 1. The second-order valence-electron chi connectivity index (χ2n) is 3.83. The Morgan fingerprint density at radius 2 is 2.19 bits per heavy atom. The monoisotopic (exact) mass is 220 g/mol. The summed E-state index contributed by atoms with van der Waals surface area (Å²) in [4.78, 5) is 14.0. The number of amides is 1. The molecule has 1 aromatic carbocycles. The van der Waals surface area contributed by atoms with Crippen LogP contribution < -0.4 is 5.73 Å². The number of nitrogens with two attached hydrogens (primary N) is 1. The molecule has 16 heavy (non-hydrogen) atoms. The van der Waals surface area contributed by atoms with Crippen LogP contribution in [0.3, 0.4) is 0 Å². The standard InChI is InChI=1S/C12H16N2O2/c13-8-11-9-16-7-6-14(11)12(15)10-4-2-1-3-5-10/h1-5,11H,6-9,13H2. The van der Waals surface area contributed by atoms with Crippen molar-refractivity contribution in [2.45, 2.75) is 6.04 Å². The largest absolute Gasteiger partial charge is 0.377 e. The van der Waals surface area contributed by atoms with Gasteiger partial charge in [-0.1, -0.05) is 18.2 Å². The molecule has 0 bridgehead atoms. The van der Waals surface area contributed by atoms with Crippen molar-refractivity contribution in [3.8, 4) is 0 Å². The summed E-state index contributed by atoms with van der Waals surface area (Å²) in [7, 11) is 0. The lowest BCUT2D eigenvalue weighted by molar-refractivity contribution is 0.000840. The Hall–Kier alpha value is -1.39. The van der Waals surface area contributed by atoms with Crippen molar-refractivity contribution in [3.05, 3.63) is 35.9 Å². The Morgan fingerprint density at radius 1 is 1.44 bits per heavy atom. The van der Waals surface area contributed by atoms with Crippen molar-refractivity contribution in [2.24, 2.45) is 5.73 Å². The minimum Gasteiger partial charge on any atom is -0.377 e. The normalized spacial score (nSPS) is 20.8. The third-order valence-electron chi connectivity index (χ3n) is 2.78. The number of rotatable bonds is 2. The summed E-state index contributed by atoms with van der Waals surface area (Å²) >= 11 is 0. The summed E-state index contributed by atoms with van der Waals surface area (Å²) in [5.74, 6) is 0.0411. The average Bonchev–Trinajstić information content (AvgIpc) is 2.39. The summed E-state index contributed by atoms with van der Waals surface area (Å²) in [6.07, 6.45) is 0. The molecular weight excluding hydrogens is 204 g/mol. The van der Waals surface area contributed by atoms with Gasteiger partial charge in [0.15, 0.2) is 0 Å². The predicted octanol–water partition coefficient (Wildman–Crippen LogP) is 0.486. The molecule has 1 fully saturated rings. The van der Waals surface area contributed by atoms with Crippen molar-refractivity contribution >= 4 is 5.91 Å². The first kappa shape index (κ1) is 11.1. The van der Waals surface area contributed by atoms with Crippen LogP contribution in [0.1, 0.15) is 10.4 Å². The highest BCUT2D eigenvalue weighted by molar-refractivity contribution is 5.94. The molecule has 1 unspecified atom stereocenters. The highest BCUT2D eigenvalue weighted by Crippen LogP contribution is 2.11. The zero-order chi connectivity index (χ0) is 11.4. The molecule has 1 aliphatic rings. The van der Waals surface area contributed by atoms with E-state index in [-0.39, 0.29) is 11.9 Å². The lowest BCUT2D eigenvalue weighted by Crippen LogP contribution is -2.52. The maximum Gasteiger partial charge on any atom is 0.254 e. The molecule has 1 aliphatic heterocycles. The Labute approximate surface area is 95.0 Å². The predicted molar refractivity (Wildman–Crippen MR) is 61.1 cm³/mol. The second kappa shape index (κ2) is 5.09. The van der Waals surface area contributed by atoms with Gasteiger partial charge >= 0.3 is 0 Å². The van der Waals surface area contributed by atoms with Gasteiger partial charge < -0.3 is 15.4 Å². The molecule has 1 aromatic rings. The molecule has 0 aliphatic carbocycles. The van der Waals surface area contributed by atoms with Gasteiger partial charge in [-0.2, -0.15) is 0 Å². The summed E-state index contributed by atoms with van der Waals surface area (Å²) in [6, 6.07) is 9.28. The highest BCUT2D eigenvalue weighted by Gasteiger charge is 2.26. The van der Waals surface area contributed by atoms with E-state index in [4.69, 9.17) is 10.5 Å². The number of ether oxygens (including phenoxy) is 1. The van der Waals surface area contributed by atoms with Crippen LogP contribution in [-0.4, -0.2) is 43.2 Å². The lowest BCUT2D eigenvalue weighted by atomic mass is 10.1. The van der Waals surface area contributed by atoms with Crippen LogP contribution in [0.15, 0.2) is 30.3 Å². The number of nitrogens with zero attached hydrogens (tertiary/aromatic N) is 1. The molecule has 0 radical (unpaired) electrons. The SMILES string of the molecule is NCC1COCCN1C(=O)c1ccccc1. The topological polar surface area (TPSA) is 55.6 Å². The first-order valence-corrected chi connectivity index (χ1v) is 5.46. The third kappa shape index (κ3) is 2.23. The van der Waals surface area contributed by atoms with Crippen molar-refractivity contribution < 1.29 is 9.53 Å². The molecule has 86 valence electrons. The maximum absolute atomic E-state index is 12.2. The molecule has 2 rings (SSSR count). The van der Waals surface area contributed by atoms with E-state index in [1.807, 2.05) is 30.3 Å². The van der Waals surface area contributed by atoms with Gasteiger partial charge in [0.25, 0.3) is 5.91 Å². The number of morpholine rings is 1. The van der Waals surface area contributed by atoms with Crippen LogP contribution in [0.4, 0.5) is 0 Å². The van der Waals surface area contributed by atoms with Gasteiger partial charge in [0.2, 0.25) is 0 Å². The van der Waals surface area contributed by atoms with E-state index in [0.29, 0.717) is 31.9 Å². The smallest absolute Gasteiger partial charge is 0.254 e. The second-order valence-corrected chi connectivity index (χ2v) is 3.83. The fraction of sp³-hybridized carbons (Fsp3) is 0.417. The third-order valence-corrected chi connectivity index (χ3v) is 2.78. The van der Waals surface area contributed by atoms with Crippen molar-refractivity contribution in [2.75, 3.05) is 26.3 Å². The van der Waals surface area contributed by atoms with E-state index in [2.05, 4.69) is 0 Å². The van der Waals surface area contributed by atoms with E-state index in [1.165, 1.54) is 0 Å². The lowest BCUT2D eigenvalue weighted by Gasteiger charge is -2.34. The quantitative estimate of drug-likeness (QED) is 0.789. The Bertz CT molecular complexity index is 353. The van der Waals surface area contributed by atoms with Gasteiger partial charge in [0, 0.05) is 18.7 Å². The van der Waals surface area contributed by atoms with Crippen molar-refractivity contribution in [3.63, 3.8) is 0 Å². The zero-order valence-corrected chi connectivity index (χ0v) is 9.13. The number of hydrogen-bond donors (Lipinski definition) is 1. The number of carbonyl (C=O) groups is 1. The van der Waals surface area contributed by atoms with Crippen LogP contribution >= 0.6 is 0 Å². The Kier molecular flexibility index (Phi) is 3.54. The van der Waals surface area contributed by atoms with E-state index >= 15 is 0 Å². The molecule has 0 spiro atoms. The molecule has 4 heteroatoms. The van der Waals surface area contributed by atoms with Crippen LogP contribution in [0, 0.1) is 0 Å². The molecule has 0 aromatic heterocycles. The van der Waals surface area contributed by atoms with Gasteiger partial charge in [0.1, 0.15) is 0 Å². The Morgan fingerprint density at radius 3 is 2.88 bits per heavy atom. The molecule has 4 nitrogen and oxygen atoms in total. The van der Waals surface area contributed by atoms with Crippen LogP contribution in [0.2, 0.25) is 0 Å². The van der Waals surface area contributed by atoms with E-state index < -0.39 is 0 Å². The van der Waals surface area contributed by atoms with Crippen LogP contribution in [0.5, 0.6) is 0 Å². The minimum atomic E-state index is 0.00135. The van der Waals surface area contributed by atoms with Gasteiger partial charge in [-0.15, -0.1) is 0 Å². The molecule has 2 N–H and O–H groups in total. The fourth-order valence-electron chi connectivity index (χ4n) is 1.86. The molecule has 1 heterocycles. The first-order chi connectivity index (χ1) is 7.83. The molecular formula is C12H16N2O2. The van der Waals surface area contributed by atoms with Gasteiger partial charge in [-0.05, 0) is 12.1 Å². The zero-order valence-electron chi connectivity index (χ0n) is 9.13.